The Morgan fingerprint density at radius 1 is 1.39 bits per heavy atom. The monoisotopic (exact) mass is 307 g/mol. The lowest BCUT2D eigenvalue weighted by molar-refractivity contribution is 0.102. The molecule has 2 rings (SSSR count). The Bertz CT molecular complexity index is 652. The normalized spacial score (nSPS) is 10.1. The maximum atomic E-state index is 11.9. The van der Waals surface area contributed by atoms with Gasteiger partial charge in [0.05, 0.1) is 5.69 Å². The first-order valence-electron chi connectivity index (χ1n) is 5.16. The van der Waals surface area contributed by atoms with Gasteiger partial charge in [-0.1, -0.05) is 0 Å². The molecule has 0 aliphatic heterocycles. The van der Waals surface area contributed by atoms with E-state index in [1.165, 1.54) is 10.6 Å². The summed E-state index contributed by atoms with van der Waals surface area (Å²) >= 11 is 3.26. The molecule has 0 aliphatic carbocycles. The van der Waals surface area contributed by atoms with Crippen LogP contribution >= 0.6 is 15.9 Å². The molecule has 0 unspecified atom stereocenters. The minimum Gasteiger partial charge on any atom is -0.319 e. The van der Waals surface area contributed by atoms with Crippen molar-refractivity contribution < 1.29 is 4.79 Å². The molecular formula is C12H10BrN3O2. The topological polar surface area (TPSA) is 64.0 Å². The molecule has 0 aliphatic rings. The summed E-state index contributed by atoms with van der Waals surface area (Å²) in [5.41, 5.74) is 0.707. The third kappa shape index (κ3) is 2.65. The second-order valence-electron chi connectivity index (χ2n) is 3.65. The molecule has 0 fully saturated rings. The molecule has 0 saturated carbocycles. The molecule has 0 radical (unpaired) electrons. The number of nitrogens with zero attached hydrogens (tertiary/aromatic N) is 2. The van der Waals surface area contributed by atoms with Crippen LogP contribution in [-0.4, -0.2) is 15.5 Å². The average molecular weight is 308 g/mol. The summed E-state index contributed by atoms with van der Waals surface area (Å²) in [6, 6.07) is 6.41. The molecule has 92 valence electrons. The fraction of sp³-hybridized carbons (Fsp3) is 0.0833. The van der Waals surface area contributed by atoms with E-state index in [0.717, 1.165) is 0 Å². The smallest absolute Gasteiger partial charge is 0.275 e. The molecule has 0 atom stereocenters. The first kappa shape index (κ1) is 12.5. The molecule has 2 aromatic heterocycles. The highest BCUT2D eigenvalue weighted by Crippen LogP contribution is 2.14. The highest BCUT2D eigenvalue weighted by molar-refractivity contribution is 9.10. The van der Waals surface area contributed by atoms with Crippen molar-refractivity contribution in [2.75, 3.05) is 5.32 Å². The third-order valence-corrected chi connectivity index (χ3v) is 2.96. The van der Waals surface area contributed by atoms with E-state index in [0.29, 0.717) is 15.9 Å². The van der Waals surface area contributed by atoms with Crippen molar-refractivity contribution in [3.63, 3.8) is 0 Å². The van der Waals surface area contributed by atoms with Gasteiger partial charge in [-0.2, -0.15) is 0 Å². The van der Waals surface area contributed by atoms with E-state index in [2.05, 4.69) is 26.2 Å². The summed E-state index contributed by atoms with van der Waals surface area (Å²) in [6.07, 6.45) is 3.09. The summed E-state index contributed by atoms with van der Waals surface area (Å²) < 4.78 is 2.01. The van der Waals surface area contributed by atoms with Crippen LogP contribution in [0.4, 0.5) is 5.69 Å². The third-order valence-electron chi connectivity index (χ3n) is 2.32. The first-order valence-corrected chi connectivity index (χ1v) is 5.96. The summed E-state index contributed by atoms with van der Waals surface area (Å²) in [7, 11) is 1.62. The number of rotatable bonds is 2. The van der Waals surface area contributed by atoms with Crippen molar-refractivity contribution in [3.8, 4) is 0 Å². The molecule has 0 saturated heterocycles. The quantitative estimate of drug-likeness (QED) is 0.920. The number of pyridine rings is 2. The maximum Gasteiger partial charge on any atom is 0.275 e. The van der Waals surface area contributed by atoms with Crippen LogP contribution in [-0.2, 0) is 7.05 Å². The molecule has 2 aromatic rings. The molecule has 18 heavy (non-hydrogen) atoms. The van der Waals surface area contributed by atoms with Crippen LogP contribution in [0.2, 0.25) is 0 Å². The molecule has 0 spiro atoms. The molecule has 0 aromatic carbocycles. The number of carbonyl (C=O) groups excluding carboxylic acids is 1. The zero-order valence-electron chi connectivity index (χ0n) is 9.55. The first-order chi connectivity index (χ1) is 8.58. The van der Waals surface area contributed by atoms with Gasteiger partial charge >= 0.3 is 0 Å². The lowest BCUT2D eigenvalue weighted by atomic mass is 10.3. The van der Waals surface area contributed by atoms with Crippen LogP contribution in [0.25, 0.3) is 0 Å². The number of amides is 1. The SMILES string of the molecule is Cn1cc(NC(=O)c2ncccc2Br)ccc1=O. The van der Waals surface area contributed by atoms with Crippen LogP contribution < -0.4 is 10.9 Å². The van der Waals surface area contributed by atoms with Gasteiger partial charge in [0.25, 0.3) is 5.91 Å². The van der Waals surface area contributed by atoms with Gasteiger partial charge in [-0.3, -0.25) is 9.59 Å². The molecular weight excluding hydrogens is 298 g/mol. The van der Waals surface area contributed by atoms with Crippen LogP contribution in [0.15, 0.2) is 45.9 Å². The number of anilines is 1. The van der Waals surface area contributed by atoms with Crippen molar-refractivity contribution in [1.29, 1.82) is 0 Å². The second-order valence-corrected chi connectivity index (χ2v) is 4.51. The Labute approximate surface area is 112 Å². The maximum absolute atomic E-state index is 11.9. The van der Waals surface area contributed by atoms with E-state index >= 15 is 0 Å². The minimum atomic E-state index is -0.332. The molecule has 6 heteroatoms. The lowest BCUT2D eigenvalue weighted by Crippen LogP contribution is -2.18. The van der Waals surface area contributed by atoms with Crippen LogP contribution in [0.5, 0.6) is 0 Å². The van der Waals surface area contributed by atoms with E-state index in [1.807, 2.05) is 0 Å². The van der Waals surface area contributed by atoms with E-state index < -0.39 is 0 Å². The number of nitrogens with one attached hydrogen (secondary N) is 1. The Morgan fingerprint density at radius 3 is 2.83 bits per heavy atom. The summed E-state index contributed by atoms with van der Waals surface area (Å²) in [5, 5.41) is 2.68. The highest BCUT2D eigenvalue weighted by Gasteiger charge is 2.11. The molecule has 1 N–H and O–H groups in total. The zero-order valence-corrected chi connectivity index (χ0v) is 11.1. The number of hydrogen-bond donors (Lipinski definition) is 1. The Balaban J connectivity index is 2.24. The van der Waals surface area contributed by atoms with Crippen molar-refractivity contribution in [2.45, 2.75) is 0 Å². The molecule has 1 amide bonds. The number of aromatic nitrogens is 2. The predicted molar refractivity (Wildman–Crippen MR) is 71.6 cm³/mol. The van der Waals surface area contributed by atoms with E-state index in [9.17, 15) is 9.59 Å². The Hall–Kier alpha value is -1.95. The number of aryl methyl sites for hydroxylation is 1. The number of halogens is 1. The number of carbonyl (C=O) groups is 1. The second kappa shape index (κ2) is 5.14. The average Bonchev–Trinajstić information content (AvgIpc) is 2.34. The van der Waals surface area contributed by atoms with E-state index in [-0.39, 0.29) is 11.5 Å². The van der Waals surface area contributed by atoms with Crippen molar-refractivity contribution in [3.05, 3.63) is 57.2 Å². The summed E-state index contributed by atoms with van der Waals surface area (Å²) in [6.45, 7) is 0. The summed E-state index contributed by atoms with van der Waals surface area (Å²) in [4.78, 5) is 27.1. The summed E-state index contributed by atoms with van der Waals surface area (Å²) in [5.74, 6) is -0.332. The van der Waals surface area contributed by atoms with Crippen molar-refractivity contribution in [1.82, 2.24) is 9.55 Å². The van der Waals surface area contributed by atoms with Crippen LogP contribution in [0.1, 0.15) is 10.5 Å². The molecule has 0 bridgehead atoms. The van der Waals surface area contributed by atoms with E-state index in [1.54, 1.807) is 37.6 Å². The highest BCUT2D eigenvalue weighted by atomic mass is 79.9. The fourth-order valence-electron chi connectivity index (χ4n) is 1.41. The zero-order chi connectivity index (χ0) is 13.1. The van der Waals surface area contributed by atoms with Gasteiger partial charge in [-0.25, -0.2) is 4.98 Å². The molecule has 5 nitrogen and oxygen atoms in total. The van der Waals surface area contributed by atoms with Gasteiger partial charge < -0.3 is 9.88 Å². The lowest BCUT2D eigenvalue weighted by Gasteiger charge is -2.06. The van der Waals surface area contributed by atoms with Gasteiger partial charge in [0, 0.05) is 30.0 Å². The predicted octanol–water partition coefficient (Wildman–Crippen LogP) is 1.80. The molecule has 2 heterocycles. The van der Waals surface area contributed by atoms with Crippen molar-refractivity contribution in [2.24, 2.45) is 7.05 Å². The standard InChI is InChI=1S/C12H10BrN3O2/c1-16-7-8(4-5-10(16)17)15-12(18)11-9(13)3-2-6-14-11/h2-7H,1H3,(H,15,18). The van der Waals surface area contributed by atoms with Crippen LogP contribution in [0.3, 0.4) is 0 Å². The van der Waals surface area contributed by atoms with E-state index in [4.69, 9.17) is 0 Å². The Morgan fingerprint density at radius 2 is 2.17 bits per heavy atom. The van der Waals surface area contributed by atoms with Crippen molar-refractivity contribution >= 4 is 27.5 Å². The van der Waals surface area contributed by atoms with Gasteiger partial charge in [-0.15, -0.1) is 0 Å². The Kier molecular flexibility index (Phi) is 3.57. The number of hydrogen-bond acceptors (Lipinski definition) is 3. The van der Waals surface area contributed by atoms with Gasteiger partial charge in [0.15, 0.2) is 0 Å². The van der Waals surface area contributed by atoms with Crippen LogP contribution in [0, 0.1) is 0 Å². The van der Waals surface area contributed by atoms with Gasteiger partial charge in [0.1, 0.15) is 5.69 Å². The fourth-order valence-corrected chi connectivity index (χ4v) is 1.85. The minimum absolute atomic E-state index is 0.132. The largest absolute Gasteiger partial charge is 0.319 e. The van der Waals surface area contributed by atoms with Gasteiger partial charge in [0.2, 0.25) is 5.56 Å². The van der Waals surface area contributed by atoms with Gasteiger partial charge in [-0.05, 0) is 34.1 Å².